The smallest absolute Gasteiger partial charge is 0.273 e. The lowest BCUT2D eigenvalue weighted by Gasteiger charge is -2.32. The molecule has 37 heavy (non-hydrogen) atoms. The van der Waals surface area contributed by atoms with Crippen molar-refractivity contribution in [2.24, 2.45) is 5.73 Å². The summed E-state index contributed by atoms with van der Waals surface area (Å²) in [5.41, 5.74) is 11.7. The van der Waals surface area contributed by atoms with Crippen molar-refractivity contribution in [1.82, 2.24) is 9.69 Å². The Bertz CT molecular complexity index is 1360. The van der Waals surface area contributed by atoms with Crippen molar-refractivity contribution >= 4 is 40.6 Å². The van der Waals surface area contributed by atoms with Crippen molar-refractivity contribution < 1.29 is 28.2 Å². The molecule has 1 saturated carbocycles. The van der Waals surface area contributed by atoms with Crippen LogP contribution in [0.4, 0.5) is 15.8 Å². The highest BCUT2D eigenvalue weighted by molar-refractivity contribution is 7.09. The normalized spacial score (nSPS) is 15.4. The molecular formula is C25H24FN5O5S. The summed E-state index contributed by atoms with van der Waals surface area (Å²) in [7, 11) is 0. The van der Waals surface area contributed by atoms with Gasteiger partial charge in [0.15, 0.2) is 17.2 Å². The molecule has 5 rings (SSSR count). The molecular weight excluding hydrogens is 501 g/mol. The zero-order valence-corrected chi connectivity index (χ0v) is 20.4. The third-order valence-corrected chi connectivity index (χ3v) is 7.25. The van der Waals surface area contributed by atoms with Gasteiger partial charge in [0.25, 0.3) is 11.8 Å². The molecule has 1 atom stereocenters. The molecule has 1 fully saturated rings. The summed E-state index contributed by atoms with van der Waals surface area (Å²) >= 11 is 0.706. The Balaban J connectivity index is 1.64. The number of amides is 3. The Morgan fingerprint density at radius 3 is 2.46 bits per heavy atom. The molecule has 1 aliphatic carbocycles. The van der Waals surface area contributed by atoms with Crippen molar-refractivity contribution in [3.05, 3.63) is 64.4 Å². The lowest BCUT2D eigenvalue weighted by Crippen LogP contribution is -2.46. The lowest BCUT2D eigenvalue weighted by molar-refractivity contribution is -0.123. The lowest BCUT2D eigenvalue weighted by atomic mass is 10.0. The van der Waals surface area contributed by atoms with Crippen molar-refractivity contribution in [3.8, 4) is 11.5 Å². The SMILES string of the molecule is NC(=O)c1nsc(C(=O)N(c2ccc3c(c2)OCO3)[C@H](C(=O)NC2CCCC2)c2ccc(F)cc2)c1N. The Kier molecular flexibility index (Phi) is 6.66. The first-order chi connectivity index (χ1) is 17.8. The Morgan fingerprint density at radius 1 is 1.08 bits per heavy atom. The number of nitrogens with two attached hydrogens (primary N) is 2. The third-order valence-electron chi connectivity index (χ3n) is 6.40. The summed E-state index contributed by atoms with van der Waals surface area (Å²) in [6.45, 7) is 0.0139. The van der Waals surface area contributed by atoms with Crippen LogP contribution in [0.5, 0.6) is 11.5 Å². The highest BCUT2D eigenvalue weighted by Gasteiger charge is 2.37. The molecule has 2 aliphatic rings. The number of hydrogen-bond donors (Lipinski definition) is 3. The second kappa shape index (κ2) is 10.1. The number of nitrogens with one attached hydrogen (secondary N) is 1. The van der Waals surface area contributed by atoms with E-state index in [1.807, 2.05) is 0 Å². The molecule has 1 aromatic heterocycles. The molecule has 2 heterocycles. The van der Waals surface area contributed by atoms with Crippen LogP contribution in [-0.4, -0.2) is 34.9 Å². The van der Waals surface area contributed by atoms with Gasteiger partial charge in [0.2, 0.25) is 12.7 Å². The first-order valence-electron chi connectivity index (χ1n) is 11.7. The number of halogens is 1. The van der Waals surface area contributed by atoms with Crippen molar-refractivity contribution in [2.75, 3.05) is 17.4 Å². The number of carbonyl (C=O) groups excluding carboxylic acids is 3. The summed E-state index contributed by atoms with van der Waals surface area (Å²) in [5, 5.41) is 3.04. The zero-order chi connectivity index (χ0) is 26.1. The minimum atomic E-state index is -1.20. The second-order valence-corrected chi connectivity index (χ2v) is 9.57. The molecule has 3 aromatic rings. The highest BCUT2D eigenvalue weighted by Crippen LogP contribution is 2.40. The summed E-state index contributed by atoms with van der Waals surface area (Å²) in [5.74, 6) is -1.62. The monoisotopic (exact) mass is 525 g/mol. The summed E-state index contributed by atoms with van der Waals surface area (Å²) < 4.78 is 28.7. The van der Waals surface area contributed by atoms with E-state index >= 15 is 0 Å². The maximum Gasteiger partial charge on any atom is 0.273 e. The molecule has 12 heteroatoms. The fourth-order valence-electron chi connectivity index (χ4n) is 4.57. The topological polar surface area (TPSA) is 150 Å². The van der Waals surface area contributed by atoms with E-state index < -0.39 is 29.6 Å². The molecule has 0 unspecified atom stereocenters. The largest absolute Gasteiger partial charge is 0.454 e. The van der Waals surface area contributed by atoms with E-state index in [0.717, 1.165) is 25.7 Å². The van der Waals surface area contributed by atoms with E-state index in [4.69, 9.17) is 20.9 Å². The van der Waals surface area contributed by atoms with Gasteiger partial charge in [0.1, 0.15) is 16.7 Å². The zero-order valence-electron chi connectivity index (χ0n) is 19.6. The van der Waals surface area contributed by atoms with Gasteiger partial charge in [-0.2, -0.15) is 4.37 Å². The van der Waals surface area contributed by atoms with Crippen LogP contribution in [-0.2, 0) is 4.79 Å². The molecule has 3 amide bonds. The van der Waals surface area contributed by atoms with Crippen LogP contribution in [0.3, 0.4) is 0 Å². The molecule has 0 radical (unpaired) electrons. The number of anilines is 2. The van der Waals surface area contributed by atoms with E-state index in [9.17, 15) is 18.8 Å². The predicted molar refractivity (Wildman–Crippen MR) is 134 cm³/mol. The molecule has 10 nitrogen and oxygen atoms in total. The minimum Gasteiger partial charge on any atom is -0.454 e. The van der Waals surface area contributed by atoms with Crippen molar-refractivity contribution in [2.45, 2.75) is 37.8 Å². The molecule has 0 spiro atoms. The van der Waals surface area contributed by atoms with Gasteiger partial charge in [0.05, 0.1) is 5.69 Å². The van der Waals surface area contributed by atoms with E-state index in [0.29, 0.717) is 34.3 Å². The predicted octanol–water partition coefficient (Wildman–Crippen LogP) is 3.14. The summed E-state index contributed by atoms with van der Waals surface area (Å²) in [6, 6.07) is 8.91. The maximum atomic E-state index is 14.1. The number of rotatable bonds is 7. The van der Waals surface area contributed by atoms with E-state index in [-0.39, 0.29) is 29.1 Å². The molecule has 0 saturated heterocycles. The summed E-state index contributed by atoms with van der Waals surface area (Å²) in [4.78, 5) is 40.8. The van der Waals surface area contributed by atoms with Gasteiger partial charge >= 0.3 is 0 Å². The average Bonchev–Trinajstić information content (AvgIpc) is 3.63. The molecule has 192 valence electrons. The number of hydrogen-bond acceptors (Lipinski definition) is 8. The molecule has 0 bridgehead atoms. The van der Waals surface area contributed by atoms with Crippen LogP contribution in [0.25, 0.3) is 0 Å². The number of carbonyl (C=O) groups is 3. The summed E-state index contributed by atoms with van der Waals surface area (Å²) in [6.07, 6.45) is 3.63. The minimum absolute atomic E-state index is 0.0139. The first-order valence-corrected chi connectivity index (χ1v) is 12.4. The number of nitrogen functional groups attached to an aromatic ring is 1. The average molecular weight is 526 g/mol. The number of nitrogens with zero attached hydrogens (tertiary/aromatic N) is 2. The van der Waals surface area contributed by atoms with E-state index in [1.54, 1.807) is 18.2 Å². The number of benzene rings is 2. The van der Waals surface area contributed by atoms with Gasteiger partial charge in [-0.05, 0) is 54.2 Å². The van der Waals surface area contributed by atoms with E-state index in [1.165, 1.54) is 29.2 Å². The standard InChI is InChI=1S/C25H24FN5O5S/c26-14-7-5-13(6-8-14)21(24(33)29-15-3-1-2-4-15)31(16-9-10-17-18(11-16)36-12-35-17)25(34)22-19(27)20(23(28)32)30-37-22/h5-11,15,21H,1-4,12,27H2,(H2,28,32)(H,29,33)/t21-/m0/s1. The van der Waals surface area contributed by atoms with Gasteiger partial charge in [-0.1, -0.05) is 25.0 Å². The highest BCUT2D eigenvalue weighted by atomic mass is 32.1. The fraction of sp³-hybridized carbons (Fsp3) is 0.280. The van der Waals surface area contributed by atoms with Crippen LogP contribution >= 0.6 is 11.5 Å². The first kappa shape index (κ1) is 24.5. The Hall–Kier alpha value is -4.19. The Labute approximate surface area is 215 Å². The van der Waals surface area contributed by atoms with Crippen LogP contribution in [0.15, 0.2) is 42.5 Å². The second-order valence-electron chi connectivity index (χ2n) is 8.80. The van der Waals surface area contributed by atoms with Gasteiger partial charge in [-0.15, -0.1) is 0 Å². The van der Waals surface area contributed by atoms with Crippen LogP contribution in [0, 0.1) is 5.82 Å². The maximum absolute atomic E-state index is 14.1. The quantitative estimate of drug-likeness (QED) is 0.429. The van der Waals surface area contributed by atoms with Crippen LogP contribution in [0.2, 0.25) is 0 Å². The molecule has 2 aromatic carbocycles. The van der Waals surface area contributed by atoms with Gasteiger partial charge in [-0.25, -0.2) is 4.39 Å². The Morgan fingerprint density at radius 2 is 1.78 bits per heavy atom. The fourth-order valence-corrected chi connectivity index (χ4v) is 5.31. The van der Waals surface area contributed by atoms with Crippen LogP contribution in [0.1, 0.15) is 57.4 Å². The van der Waals surface area contributed by atoms with Crippen molar-refractivity contribution in [3.63, 3.8) is 0 Å². The number of primary amides is 1. The van der Waals surface area contributed by atoms with Gasteiger partial charge in [-0.3, -0.25) is 19.3 Å². The van der Waals surface area contributed by atoms with Crippen LogP contribution < -0.4 is 31.2 Å². The van der Waals surface area contributed by atoms with Gasteiger partial charge < -0.3 is 26.3 Å². The third kappa shape index (κ3) is 4.79. The number of aromatic nitrogens is 1. The van der Waals surface area contributed by atoms with Gasteiger partial charge in [0, 0.05) is 17.8 Å². The molecule has 1 aliphatic heterocycles. The van der Waals surface area contributed by atoms with E-state index in [2.05, 4.69) is 9.69 Å². The van der Waals surface area contributed by atoms with Crippen molar-refractivity contribution in [1.29, 1.82) is 0 Å². The molecule has 5 N–H and O–H groups in total. The number of fused-ring (bicyclic) bond motifs is 1. The number of ether oxygens (including phenoxy) is 2.